The van der Waals surface area contributed by atoms with Crippen molar-refractivity contribution < 1.29 is 17.9 Å². The third kappa shape index (κ3) is 6.02. The Morgan fingerprint density at radius 1 is 1.09 bits per heavy atom. The molecule has 0 aliphatic carbocycles. The molecule has 0 spiro atoms. The monoisotopic (exact) mass is 450 g/mol. The molecule has 1 amide bonds. The second kappa shape index (κ2) is 10.9. The van der Waals surface area contributed by atoms with Crippen LogP contribution in [0.5, 0.6) is 5.75 Å². The molecule has 1 N–H and O–H groups in total. The summed E-state index contributed by atoms with van der Waals surface area (Å²) in [5.41, 5.74) is 3.37. The van der Waals surface area contributed by atoms with Crippen molar-refractivity contribution in [1.82, 2.24) is 10.4 Å². The molecule has 1 heterocycles. The third-order valence-corrected chi connectivity index (χ3v) is 5.99. The lowest BCUT2D eigenvalue weighted by Crippen LogP contribution is -2.39. The maximum absolute atomic E-state index is 13.1. The van der Waals surface area contributed by atoms with E-state index in [1.807, 2.05) is 0 Å². The number of hydrogen-bond acceptors (Lipinski definition) is 6. The van der Waals surface area contributed by atoms with Crippen molar-refractivity contribution in [2.24, 2.45) is 5.10 Å². The Morgan fingerprint density at radius 2 is 1.84 bits per heavy atom. The van der Waals surface area contributed by atoms with Crippen LogP contribution in [0.2, 0.25) is 0 Å². The number of rotatable bonds is 10. The highest BCUT2D eigenvalue weighted by Gasteiger charge is 2.27. The summed E-state index contributed by atoms with van der Waals surface area (Å²) in [6.07, 6.45) is 6.01. The van der Waals surface area contributed by atoms with Gasteiger partial charge in [0, 0.05) is 6.20 Å². The molecule has 3 rings (SSSR count). The highest BCUT2D eigenvalue weighted by Crippen LogP contribution is 2.22. The molecule has 3 aromatic rings. The molecule has 0 saturated carbocycles. The fourth-order valence-electron chi connectivity index (χ4n) is 2.69. The summed E-state index contributed by atoms with van der Waals surface area (Å²) in [6.45, 7) is 3.53. The first-order valence-electron chi connectivity index (χ1n) is 9.64. The number of nitrogens with zero attached hydrogens (tertiary/aromatic N) is 3. The number of aromatic nitrogens is 1. The van der Waals surface area contributed by atoms with Crippen LogP contribution in [-0.2, 0) is 14.8 Å². The number of benzene rings is 2. The van der Waals surface area contributed by atoms with Gasteiger partial charge >= 0.3 is 0 Å². The van der Waals surface area contributed by atoms with Crippen molar-refractivity contribution in [3.05, 3.63) is 97.3 Å². The van der Waals surface area contributed by atoms with Gasteiger partial charge in [-0.1, -0.05) is 30.9 Å². The molecule has 32 heavy (non-hydrogen) atoms. The molecule has 164 valence electrons. The second-order valence-electron chi connectivity index (χ2n) is 6.50. The quantitative estimate of drug-likeness (QED) is 0.291. The molecule has 0 radical (unpaired) electrons. The molecule has 0 unspecified atom stereocenters. The Kier molecular flexibility index (Phi) is 7.71. The van der Waals surface area contributed by atoms with Crippen LogP contribution in [0.15, 0.2) is 102 Å². The van der Waals surface area contributed by atoms with Crippen LogP contribution in [0.3, 0.4) is 0 Å². The SMILES string of the molecule is C=CCOc1ccc(/C=N\NC(=O)CN(c2cccnc2)S(=O)(=O)c2ccccc2)cc1. The van der Waals surface area contributed by atoms with E-state index < -0.39 is 22.5 Å². The summed E-state index contributed by atoms with van der Waals surface area (Å²) in [4.78, 5) is 16.5. The molecule has 8 nitrogen and oxygen atoms in total. The topological polar surface area (TPSA) is 101 Å². The van der Waals surface area contributed by atoms with Crippen LogP contribution in [0.1, 0.15) is 5.56 Å². The van der Waals surface area contributed by atoms with Gasteiger partial charge < -0.3 is 4.74 Å². The van der Waals surface area contributed by atoms with E-state index in [0.29, 0.717) is 12.4 Å². The minimum absolute atomic E-state index is 0.0684. The van der Waals surface area contributed by atoms with Crippen molar-refractivity contribution in [3.63, 3.8) is 0 Å². The highest BCUT2D eigenvalue weighted by atomic mass is 32.2. The number of pyridine rings is 1. The number of carbonyl (C=O) groups excluding carboxylic acids is 1. The summed E-state index contributed by atoms with van der Waals surface area (Å²) in [6, 6.07) is 18.1. The summed E-state index contributed by atoms with van der Waals surface area (Å²) < 4.78 is 32.7. The van der Waals surface area contributed by atoms with Crippen LogP contribution in [-0.4, -0.2) is 38.7 Å². The Morgan fingerprint density at radius 3 is 2.50 bits per heavy atom. The predicted octanol–water partition coefficient (Wildman–Crippen LogP) is 2.99. The zero-order valence-corrected chi connectivity index (χ0v) is 18.0. The van der Waals surface area contributed by atoms with Gasteiger partial charge in [0.2, 0.25) is 0 Å². The van der Waals surface area contributed by atoms with Gasteiger partial charge in [0.25, 0.3) is 15.9 Å². The fourth-order valence-corrected chi connectivity index (χ4v) is 4.11. The summed E-state index contributed by atoms with van der Waals surface area (Å²) in [5, 5.41) is 3.92. The van der Waals surface area contributed by atoms with Gasteiger partial charge in [-0.05, 0) is 54.1 Å². The molecule has 0 saturated heterocycles. The molecule has 0 atom stereocenters. The number of amides is 1. The lowest BCUT2D eigenvalue weighted by molar-refractivity contribution is -0.119. The summed E-state index contributed by atoms with van der Waals surface area (Å²) in [5.74, 6) is 0.0832. The zero-order chi connectivity index (χ0) is 22.8. The van der Waals surface area contributed by atoms with Crippen molar-refractivity contribution in [1.29, 1.82) is 0 Å². The largest absolute Gasteiger partial charge is 0.490 e. The maximum Gasteiger partial charge on any atom is 0.264 e. The van der Waals surface area contributed by atoms with Crippen LogP contribution in [0.25, 0.3) is 0 Å². The number of hydrogen-bond donors (Lipinski definition) is 1. The Bertz CT molecular complexity index is 1170. The van der Waals surface area contributed by atoms with Gasteiger partial charge in [0.05, 0.1) is 23.0 Å². The number of nitrogens with one attached hydrogen (secondary N) is 1. The minimum Gasteiger partial charge on any atom is -0.490 e. The number of anilines is 1. The average molecular weight is 451 g/mol. The average Bonchev–Trinajstić information content (AvgIpc) is 2.83. The van der Waals surface area contributed by atoms with E-state index in [9.17, 15) is 13.2 Å². The Balaban J connectivity index is 1.71. The van der Waals surface area contributed by atoms with Crippen LogP contribution in [0.4, 0.5) is 5.69 Å². The molecular weight excluding hydrogens is 428 g/mol. The van der Waals surface area contributed by atoms with Gasteiger partial charge in [-0.25, -0.2) is 13.8 Å². The number of ether oxygens (including phenoxy) is 1. The molecule has 0 bridgehead atoms. The van der Waals surface area contributed by atoms with Crippen molar-refractivity contribution in [2.75, 3.05) is 17.5 Å². The Hall–Kier alpha value is -3.98. The summed E-state index contributed by atoms with van der Waals surface area (Å²) in [7, 11) is -3.98. The first kappa shape index (κ1) is 22.7. The van der Waals surface area contributed by atoms with E-state index in [2.05, 4.69) is 22.1 Å². The van der Waals surface area contributed by atoms with Crippen molar-refractivity contribution in [3.8, 4) is 5.75 Å². The molecule has 0 aliphatic heterocycles. The smallest absolute Gasteiger partial charge is 0.264 e. The molecule has 9 heteroatoms. The molecular formula is C23H22N4O4S. The standard InChI is InChI=1S/C23H22N4O4S/c1-2-15-31-21-12-10-19(11-13-21)16-25-26-23(28)18-27(20-7-6-14-24-17-20)32(29,30)22-8-4-3-5-9-22/h2-14,16-17H,1,15,18H2,(H,26,28)/b25-16-. The normalized spacial score (nSPS) is 11.1. The van der Waals surface area contributed by atoms with Gasteiger partial charge in [-0.3, -0.25) is 14.1 Å². The van der Waals surface area contributed by atoms with E-state index in [-0.39, 0.29) is 10.6 Å². The molecule has 2 aromatic carbocycles. The van der Waals surface area contributed by atoms with Gasteiger partial charge in [0.15, 0.2) is 0 Å². The first-order valence-corrected chi connectivity index (χ1v) is 11.1. The van der Waals surface area contributed by atoms with Gasteiger partial charge in [0.1, 0.15) is 18.9 Å². The van der Waals surface area contributed by atoms with Crippen LogP contribution >= 0.6 is 0 Å². The first-order chi connectivity index (χ1) is 15.5. The van der Waals surface area contributed by atoms with Crippen LogP contribution in [0, 0.1) is 0 Å². The minimum atomic E-state index is -3.98. The van der Waals surface area contributed by atoms with E-state index in [1.54, 1.807) is 60.7 Å². The predicted molar refractivity (Wildman–Crippen MR) is 123 cm³/mol. The molecule has 0 aliphatic rings. The zero-order valence-electron chi connectivity index (χ0n) is 17.2. The maximum atomic E-state index is 13.1. The second-order valence-corrected chi connectivity index (χ2v) is 8.36. The lowest BCUT2D eigenvalue weighted by atomic mass is 10.2. The van der Waals surface area contributed by atoms with Crippen LogP contribution < -0.4 is 14.5 Å². The number of sulfonamides is 1. The highest BCUT2D eigenvalue weighted by molar-refractivity contribution is 7.92. The van der Waals surface area contributed by atoms with E-state index >= 15 is 0 Å². The fraction of sp³-hybridized carbons (Fsp3) is 0.0870. The number of carbonyl (C=O) groups is 1. The molecule has 1 aromatic heterocycles. The van der Waals surface area contributed by atoms with Crippen molar-refractivity contribution in [2.45, 2.75) is 4.90 Å². The van der Waals surface area contributed by atoms with E-state index in [1.165, 1.54) is 30.7 Å². The molecule has 0 fully saturated rings. The van der Waals surface area contributed by atoms with Crippen molar-refractivity contribution >= 4 is 27.8 Å². The third-order valence-electron chi connectivity index (χ3n) is 4.20. The number of hydrazone groups is 1. The summed E-state index contributed by atoms with van der Waals surface area (Å²) >= 11 is 0. The Labute approximate surface area is 186 Å². The van der Waals surface area contributed by atoms with E-state index in [4.69, 9.17) is 4.74 Å². The van der Waals surface area contributed by atoms with Gasteiger partial charge in [-0.2, -0.15) is 5.10 Å². The van der Waals surface area contributed by atoms with Gasteiger partial charge in [-0.15, -0.1) is 0 Å². The van der Waals surface area contributed by atoms with E-state index in [0.717, 1.165) is 9.87 Å². The lowest BCUT2D eigenvalue weighted by Gasteiger charge is -2.23.